The van der Waals surface area contributed by atoms with Crippen molar-refractivity contribution in [3.63, 3.8) is 0 Å². The minimum absolute atomic E-state index is 0.238. The Kier molecular flexibility index (Phi) is 3.55. The van der Waals surface area contributed by atoms with E-state index in [1.165, 1.54) is 55.2 Å². The third-order valence-corrected chi connectivity index (χ3v) is 6.64. The molecule has 2 heteroatoms. The van der Waals surface area contributed by atoms with E-state index in [-0.39, 0.29) is 5.91 Å². The summed E-state index contributed by atoms with van der Waals surface area (Å²) >= 11 is 0. The summed E-state index contributed by atoms with van der Waals surface area (Å²) in [4.78, 5) is 12.8. The number of aryl methyl sites for hydroxylation is 3. The summed E-state index contributed by atoms with van der Waals surface area (Å²) in [6.45, 7) is 6.31. The van der Waals surface area contributed by atoms with Gasteiger partial charge in [0.05, 0.1) is 0 Å². The average Bonchev–Trinajstić information content (AvgIpc) is 2.40. The molecule has 0 atom stereocenters. The molecule has 4 bridgehead atoms. The number of carbonyl (C=O) groups is 1. The molecule has 1 N–H and O–H groups in total. The maximum atomic E-state index is 12.8. The fraction of sp³-hybridized carbons (Fsp3) is 0.667. The van der Waals surface area contributed by atoms with E-state index >= 15 is 0 Å². The summed E-state index contributed by atoms with van der Waals surface area (Å²) in [6.07, 6.45) is 8.98. The molecule has 4 saturated carbocycles. The molecule has 1 aromatic carbocycles. The molecule has 5 rings (SSSR count). The molecule has 4 fully saturated rings. The van der Waals surface area contributed by atoms with Crippen LogP contribution in [0, 0.1) is 43.9 Å². The van der Waals surface area contributed by atoms with Crippen molar-refractivity contribution < 1.29 is 4.79 Å². The zero-order valence-electron chi connectivity index (χ0n) is 14.7. The molecule has 4 aliphatic rings. The SMILES string of the molecule is Cc1cc(C)c(NC(=O)CC23CC4CC(CC(C4)C2)C3)c(C)c1. The standard InChI is InChI=1S/C21H29NO/c1-13-4-14(2)20(15(3)5-13)22-19(23)12-21-9-16-6-17(10-21)8-18(7-16)11-21/h4-5,16-18H,6-12H2,1-3H3,(H,22,23). The molecule has 1 aromatic rings. The summed E-state index contributed by atoms with van der Waals surface area (Å²) in [5.74, 6) is 2.98. The van der Waals surface area contributed by atoms with Gasteiger partial charge in [-0.1, -0.05) is 17.7 Å². The van der Waals surface area contributed by atoms with Gasteiger partial charge in [-0.05, 0) is 93.6 Å². The number of amides is 1. The Morgan fingerprint density at radius 1 is 1.00 bits per heavy atom. The first kappa shape index (κ1) is 15.2. The predicted octanol–water partition coefficient (Wildman–Crippen LogP) is 5.16. The summed E-state index contributed by atoms with van der Waals surface area (Å²) in [5, 5.41) is 3.24. The number of nitrogens with one attached hydrogen (secondary N) is 1. The minimum atomic E-state index is 0.238. The fourth-order valence-corrected chi connectivity index (χ4v) is 6.41. The van der Waals surface area contributed by atoms with Crippen LogP contribution in [-0.4, -0.2) is 5.91 Å². The zero-order valence-corrected chi connectivity index (χ0v) is 14.7. The summed E-state index contributed by atoms with van der Waals surface area (Å²) in [6, 6.07) is 4.32. The van der Waals surface area contributed by atoms with Gasteiger partial charge in [0.2, 0.25) is 5.91 Å². The van der Waals surface area contributed by atoms with Crippen molar-refractivity contribution in [1.82, 2.24) is 0 Å². The minimum Gasteiger partial charge on any atom is -0.326 e. The topological polar surface area (TPSA) is 29.1 Å². The van der Waals surface area contributed by atoms with Crippen molar-refractivity contribution in [3.05, 3.63) is 28.8 Å². The van der Waals surface area contributed by atoms with E-state index in [0.717, 1.165) is 29.9 Å². The molecule has 0 unspecified atom stereocenters. The molecule has 0 heterocycles. The van der Waals surface area contributed by atoms with Crippen LogP contribution in [0.15, 0.2) is 12.1 Å². The van der Waals surface area contributed by atoms with Crippen molar-refractivity contribution in [1.29, 1.82) is 0 Å². The van der Waals surface area contributed by atoms with Crippen LogP contribution in [0.5, 0.6) is 0 Å². The van der Waals surface area contributed by atoms with Gasteiger partial charge < -0.3 is 5.32 Å². The first-order chi connectivity index (χ1) is 10.9. The van der Waals surface area contributed by atoms with E-state index in [9.17, 15) is 4.79 Å². The summed E-state index contributed by atoms with van der Waals surface area (Å²) in [7, 11) is 0. The predicted molar refractivity (Wildman–Crippen MR) is 94.5 cm³/mol. The number of benzene rings is 1. The molecule has 0 saturated heterocycles. The molecule has 0 aliphatic heterocycles. The van der Waals surface area contributed by atoms with Crippen molar-refractivity contribution >= 4 is 11.6 Å². The normalized spacial score (nSPS) is 34.7. The molecule has 2 nitrogen and oxygen atoms in total. The van der Waals surface area contributed by atoms with Gasteiger partial charge in [0.1, 0.15) is 0 Å². The molecule has 23 heavy (non-hydrogen) atoms. The maximum absolute atomic E-state index is 12.8. The highest BCUT2D eigenvalue weighted by atomic mass is 16.1. The van der Waals surface area contributed by atoms with Crippen LogP contribution >= 0.6 is 0 Å². The van der Waals surface area contributed by atoms with E-state index in [1.54, 1.807) is 0 Å². The number of hydrogen-bond acceptors (Lipinski definition) is 1. The van der Waals surface area contributed by atoms with E-state index in [4.69, 9.17) is 0 Å². The third kappa shape index (κ3) is 2.81. The van der Waals surface area contributed by atoms with Crippen molar-refractivity contribution in [3.8, 4) is 0 Å². The summed E-state index contributed by atoms with van der Waals surface area (Å²) in [5.41, 5.74) is 4.98. The van der Waals surface area contributed by atoms with Crippen LogP contribution in [0.2, 0.25) is 0 Å². The second-order valence-corrected chi connectivity index (χ2v) is 8.92. The fourth-order valence-electron chi connectivity index (χ4n) is 6.41. The van der Waals surface area contributed by atoms with Crippen LogP contribution < -0.4 is 5.32 Å². The van der Waals surface area contributed by atoms with Gasteiger partial charge in [-0.25, -0.2) is 0 Å². The summed E-state index contributed by atoms with van der Waals surface area (Å²) < 4.78 is 0. The molecule has 0 aromatic heterocycles. The van der Waals surface area contributed by atoms with Gasteiger partial charge in [-0.2, -0.15) is 0 Å². The van der Waals surface area contributed by atoms with Gasteiger partial charge in [0.25, 0.3) is 0 Å². The van der Waals surface area contributed by atoms with E-state index < -0.39 is 0 Å². The Labute approximate surface area is 140 Å². The Morgan fingerprint density at radius 3 is 1.96 bits per heavy atom. The molecule has 124 valence electrons. The number of rotatable bonds is 3. The Balaban J connectivity index is 1.49. The van der Waals surface area contributed by atoms with Crippen molar-refractivity contribution in [2.45, 2.75) is 65.7 Å². The van der Waals surface area contributed by atoms with Gasteiger partial charge >= 0.3 is 0 Å². The molecule has 4 aliphatic carbocycles. The Morgan fingerprint density at radius 2 is 1.48 bits per heavy atom. The smallest absolute Gasteiger partial charge is 0.224 e. The molecule has 0 spiro atoms. The highest BCUT2D eigenvalue weighted by molar-refractivity contribution is 5.92. The first-order valence-corrected chi connectivity index (χ1v) is 9.30. The molecule has 0 radical (unpaired) electrons. The maximum Gasteiger partial charge on any atom is 0.224 e. The van der Waals surface area contributed by atoms with E-state index in [2.05, 4.69) is 38.2 Å². The van der Waals surface area contributed by atoms with Gasteiger partial charge in [0.15, 0.2) is 0 Å². The van der Waals surface area contributed by atoms with Gasteiger partial charge in [0, 0.05) is 12.1 Å². The van der Waals surface area contributed by atoms with Gasteiger partial charge in [-0.15, -0.1) is 0 Å². The quantitative estimate of drug-likeness (QED) is 0.821. The number of hydrogen-bond donors (Lipinski definition) is 1. The van der Waals surface area contributed by atoms with Crippen LogP contribution in [0.25, 0.3) is 0 Å². The lowest BCUT2D eigenvalue weighted by Crippen LogP contribution is -2.47. The second kappa shape index (κ2) is 5.36. The van der Waals surface area contributed by atoms with Crippen molar-refractivity contribution in [2.24, 2.45) is 23.2 Å². The first-order valence-electron chi connectivity index (χ1n) is 9.30. The molecule has 1 amide bonds. The third-order valence-electron chi connectivity index (χ3n) is 6.64. The van der Waals surface area contributed by atoms with Crippen LogP contribution in [0.4, 0.5) is 5.69 Å². The molecular weight excluding hydrogens is 282 g/mol. The zero-order chi connectivity index (χ0) is 16.2. The lowest BCUT2D eigenvalue weighted by Gasteiger charge is -2.56. The van der Waals surface area contributed by atoms with Crippen LogP contribution in [-0.2, 0) is 4.79 Å². The molecular formula is C21H29NO. The van der Waals surface area contributed by atoms with E-state index in [1.807, 2.05) is 0 Å². The number of carbonyl (C=O) groups excluding carboxylic acids is 1. The van der Waals surface area contributed by atoms with Crippen LogP contribution in [0.1, 0.15) is 61.6 Å². The lowest BCUT2D eigenvalue weighted by atomic mass is 9.49. The lowest BCUT2D eigenvalue weighted by molar-refractivity contribution is -0.124. The van der Waals surface area contributed by atoms with Crippen molar-refractivity contribution in [2.75, 3.05) is 5.32 Å². The van der Waals surface area contributed by atoms with Crippen LogP contribution in [0.3, 0.4) is 0 Å². The highest BCUT2D eigenvalue weighted by Gasteiger charge is 2.51. The Hall–Kier alpha value is -1.31. The highest BCUT2D eigenvalue weighted by Crippen LogP contribution is 2.61. The second-order valence-electron chi connectivity index (χ2n) is 8.92. The largest absolute Gasteiger partial charge is 0.326 e. The van der Waals surface area contributed by atoms with Gasteiger partial charge in [-0.3, -0.25) is 4.79 Å². The van der Waals surface area contributed by atoms with E-state index in [0.29, 0.717) is 5.41 Å². The Bertz CT molecular complexity index is 587. The monoisotopic (exact) mass is 311 g/mol. The average molecular weight is 311 g/mol. The number of anilines is 1.